The fourth-order valence-electron chi connectivity index (χ4n) is 2.00. The van der Waals surface area contributed by atoms with Gasteiger partial charge in [-0.25, -0.2) is 4.79 Å². The van der Waals surface area contributed by atoms with E-state index in [2.05, 4.69) is 15.5 Å². The molecule has 1 atom stereocenters. The van der Waals surface area contributed by atoms with Crippen LogP contribution < -0.4 is 5.32 Å². The van der Waals surface area contributed by atoms with Gasteiger partial charge in [-0.1, -0.05) is 46.4 Å². The summed E-state index contributed by atoms with van der Waals surface area (Å²) in [5.41, 5.74) is -0.153. The van der Waals surface area contributed by atoms with Crippen LogP contribution in [0.1, 0.15) is 51.7 Å². The number of amides is 1. The first-order valence-electron chi connectivity index (χ1n) is 9.06. The first-order valence-corrected chi connectivity index (χ1v) is 10.0. The van der Waals surface area contributed by atoms with Gasteiger partial charge in [0.25, 0.3) is 11.1 Å². The lowest BCUT2D eigenvalue weighted by Gasteiger charge is -2.21. The molecule has 0 saturated carbocycles. The molecule has 0 saturated heterocycles. The van der Waals surface area contributed by atoms with Crippen molar-refractivity contribution in [3.05, 3.63) is 5.89 Å². The summed E-state index contributed by atoms with van der Waals surface area (Å²) in [6, 6.07) is -0.766. The quantitative estimate of drug-likeness (QED) is 0.473. The minimum Gasteiger partial charge on any atom is -0.449 e. The normalized spacial score (nSPS) is 13.1. The number of nitrogens with zero attached hydrogens (tertiary/aromatic N) is 3. The van der Waals surface area contributed by atoms with Gasteiger partial charge in [0.1, 0.15) is 6.04 Å². The fourth-order valence-corrected chi connectivity index (χ4v) is 2.87. The van der Waals surface area contributed by atoms with Crippen LogP contribution in [0.3, 0.4) is 0 Å². The standard InChI is InChI=1S/C18H32N4O4S/c1-12(2)10-13(19-16(24)25-11-18(3,4)5)14(23)15-20-21-17(26-15)27-9-8-22(6)7/h12-13H,8-11H2,1-7H3,(H,19,24). The van der Waals surface area contributed by atoms with E-state index in [1.165, 1.54) is 11.8 Å². The summed E-state index contributed by atoms with van der Waals surface area (Å²) in [7, 11) is 3.95. The summed E-state index contributed by atoms with van der Waals surface area (Å²) in [4.78, 5) is 26.8. The summed E-state index contributed by atoms with van der Waals surface area (Å²) in [6.07, 6.45) is -0.168. The highest BCUT2D eigenvalue weighted by molar-refractivity contribution is 7.99. The van der Waals surface area contributed by atoms with Crippen molar-refractivity contribution in [1.29, 1.82) is 0 Å². The lowest BCUT2D eigenvalue weighted by Crippen LogP contribution is -2.42. The highest BCUT2D eigenvalue weighted by Crippen LogP contribution is 2.18. The first kappa shape index (κ1) is 23.4. The van der Waals surface area contributed by atoms with Gasteiger partial charge in [0.05, 0.1) is 6.61 Å². The average molecular weight is 401 g/mol. The molecule has 1 unspecified atom stereocenters. The Bertz CT molecular complexity index is 611. The largest absolute Gasteiger partial charge is 0.449 e. The molecule has 0 aromatic carbocycles. The number of rotatable bonds is 10. The zero-order chi connectivity index (χ0) is 20.6. The van der Waals surface area contributed by atoms with E-state index in [9.17, 15) is 9.59 Å². The molecule has 8 nitrogen and oxygen atoms in total. The molecule has 0 bridgehead atoms. The Balaban J connectivity index is 2.71. The van der Waals surface area contributed by atoms with Crippen LogP contribution in [-0.2, 0) is 4.74 Å². The van der Waals surface area contributed by atoms with Crippen LogP contribution in [0, 0.1) is 11.3 Å². The van der Waals surface area contributed by atoms with Gasteiger partial charge in [-0.05, 0) is 31.8 Å². The van der Waals surface area contributed by atoms with Crippen LogP contribution in [-0.4, -0.2) is 66.0 Å². The van der Waals surface area contributed by atoms with E-state index < -0.39 is 17.9 Å². The van der Waals surface area contributed by atoms with Crippen molar-refractivity contribution in [2.45, 2.75) is 52.3 Å². The van der Waals surface area contributed by atoms with E-state index in [1.807, 2.05) is 53.6 Å². The summed E-state index contributed by atoms with van der Waals surface area (Å²) >= 11 is 1.39. The number of ether oxygens (including phenoxy) is 1. The molecule has 0 aliphatic rings. The van der Waals surface area contributed by atoms with Crippen LogP contribution in [0.25, 0.3) is 0 Å². The van der Waals surface area contributed by atoms with Crippen LogP contribution in [0.5, 0.6) is 0 Å². The highest BCUT2D eigenvalue weighted by Gasteiger charge is 2.28. The first-order chi connectivity index (χ1) is 12.5. The number of thioether (sulfide) groups is 1. The van der Waals surface area contributed by atoms with Gasteiger partial charge in [0.15, 0.2) is 0 Å². The van der Waals surface area contributed by atoms with E-state index in [1.54, 1.807) is 0 Å². The maximum atomic E-state index is 12.7. The smallest absolute Gasteiger partial charge is 0.407 e. The molecule has 1 N–H and O–H groups in total. The van der Waals surface area contributed by atoms with Crippen molar-refractivity contribution in [3.63, 3.8) is 0 Å². The van der Waals surface area contributed by atoms with Gasteiger partial charge in [-0.2, -0.15) is 0 Å². The van der Waals surface area contributed by atoms with Gasteiger partial charge >= 0.3 is 6.09 Å². The van der Waals surface area contributed by atoms with Gasteiger partial charge in [-0.3, -0.25) is 4.79 Å². The number of nitrogens with one attached hydrogen (secondary N) is 1. The molecule has 9 heteroatoms. The minimum absolute atomic E-state index is 0.0934. The number of hydrogen-bond acceptors (Lipinski definition) is 8. The predicted octanol–water partition coefficient (Wildman–Crippen LogP) is 3.09. The number of ketones is 1. The summed E-state index contributed by atoms with van der Waals surface area (Å²) in [5.74, 6) is 0.474. The average Bonchev–Trinajstić information content (AvgIpc) is 2.99. The van der Waals surface area contributed by atoms with Gasteiger partial charge in [-0.15, -0.1) is 10.2 Å². The molecule has 1 amide bonds. The molecule has 0 radical (unpaired) electrons. The number of hydrogen-bond donors (Lipinski definition) is 1. The van der Waals surface area contributed by atoms with Crippen molar-refractivity contribution >= 4 is 23.6 Å². The third-order valence-corrected chi connectivity index (χ3v) is 4.13. The number of alkyl carbamates (subject to hydrolysis) is 1. The molecule has 1 rings (SSSR count). The second-order valence-corrected chi connectivity index (χ2v) is 9.40. The van der Waals surface area contributed by atoms with E-state index in [-0.39, 0.29) is 23.8 Å². The van der Waals surface area contributed by atoms with Gasteiger partial charge in [0, 0.05) is 12.3 Å². The summed E-state index contributed by atoms with van der Waals surface area (Å²) in [5, 5.41) is 10.7. The van der Waals surface area contributed by atoms with Crippen LogP contribution in [0.4, 0.5) is 4.79 Å². The summed E-state index contributed by atoms with van der Waals surface area (Å²) in [6.45, 7) is 10.9. The molecule has 0 spiro atoms. The molecular formula is C18H32N4O4S. The zero-order valence-electron chi connectivity index (χ0n) is 17.4. The summed E-state index contributed by atoms with van der Waals surface area (Å²) < 4.78 is 10.7. The fraction of sp³-hybridized carbons (Fsp3) is 0.778. The topological polar surface area (TPSA) is 97.6 Å². The molecule has 154 valence electrons. The van der Waals surface area contributed by atoms with Crippen LogP contribution >= 0.6 is 11.8 Å². The molecule has 0 aliphatic carbocycles. The SMILES string of the molecule is CC(C)CC(NC(=O)OCC(C)(C)C)C(=O)c1nnc(SCCN(C)C)o1. The van der Waals surface area contributed by atoms with Gasteiger partial charge < -0.3 is 19.4 Å². The van der Waals surface area contributed by atoms with E-state index >= 15 is 0 Å². The van der Waals surface area contributed by atoms with Crippen LogP contribution in [0.2, 0.25) is 0 Å². The van der Waals surface area contributed by atoms with E-state index in [0.29, 0.717) is 11.6 Å². The Morgan fingerprint density at radius 3 is 2.48 bits per heavy atom. The van der Waals surface area contributed by atoms with E-state index in [0.717, 1.165) is 12.3 Å². The Morgan fingerprint density at radius 2 is 1.93 bits per heavy atom. The maximum Gasteiger partial charge on any atom is 0.407 e. The minimum atomic E-state index is -0.766. The molecule has 1 aromatic rings. The molecule has 0 aliphatic heterocycles. The number of aromatic nitrogens is 2. The van der Waals surface area contributed by atoms with Crippen molar-refractivity contribution in [3.8, 4) is 0 Å². The Labute approximate surface area is 165 Å². The van der Waals surface area contributed by atoms with Crippen molar-refractivity contribution in [2.24, 2.45) is 11.3 Å². The molecule has 1 heterocycles. The second kappa shape index (κ2) is 10.7. The van der Waals surface area contributed by atoms with Crippen molar-refractivity contribution in [1.82, 2.24) is 20.4 Å². The zero-order valence-corrected chi connectivity index (χ0v) is 18.2. The lowest BCUT2D eigenvalue weighted by molar-refractivity contribution is 0.0829. The molecule has 1 aromatic heterocycles. The number of Topliss-reactive ketones (excluding diaryl/α,β-unsaturated/α-hetero) is 1. The maximum absolute atomic E-state index is 12.7. The third-order valence-electron chi connectivity index (χ3n) is 3.33. The van der Waals surface area contributed by atoms with Crippen molar-refractivity contribution < 1.29 is 18.7 Å². The Morgan fingerprint density at radius 1 is 1.26 bits per heavy atom. The van der Waals surface area contributed by atoms with E-state index in [4.69, 9.17) is 9.15 Å². The monoisotopic (exact) mass is 400 g/mol. The van der Waals surface area contributed by atoms with Gasteiger partial charge in [0.2, 0.25) is 5.78 Å². The lowest BCUT2D eigenvalue weighted by atomic mass is 9.99. The number of carbonyl (C=O) groups excluding carboxylic acids is 2. The Hall–Kier alpha value is -1.61. The second-order valence-electron chi connectivity index (χ2n) is 8.35. The van der Waals surface area contributed by atoms with Crippen molar-refractivity contribution in [2.75, 3.05) is 33.0 Å². The third kappa shape index (κ3) is 9.76. The van der Waals surface area contributed by atoms with Crippen LogP contribution in [0.15, 0.2) is 9.64 Å². The molecular weight excluding hydrogens is 368 g/mol. The number of carbonyl (C=O) groups is 2. The Kier molecular flexibility index (Phi) is 9.25. The highest BCUT2D eigenvalue weighted by atomic mass is 32.2. The molecule has 27 heavy (non-hydrogen) atoms. The molecule has 0 fully saturated rings. The predicted molar refractivity (Wildman–Crippen MR) is 105 cm³/mol.